The first-order valence-electron chi connectivity index (χ1n) is 9.62. The minimum atomic E-state index is -0.364. The van der Waals surface area contributed by atoms with Crippen LogP contribution in [-0.4, -0.2) is 34.1 Å². The molecule has 1 aromatic carbocycles. The molecule has 8 nitrogen and oxygen atoms in total. The van der Waals surface area contributed by atoms with Crippen LogP contribution >= 0.6 is 0 Å². The van der Waals surface area contributed by atoms with E-state index in [4.69, 9.17) is 13.7 Å². The van der Waals surface area contributed by atoms with Gasteiger partial charge in [0.25, 0.3) is 5.91 Å². The molecule has 29 heavy (non-hydrogen) atoms. The number of rotatable bonds is 4. The van der Waals surface area contributed by atoms with Crippen molar-refractivity contribution in [3.8, 4) is 5.75 Å². The Morgan fingerprint density at radius 3 is 2.76 bits per heavy atom. The summed E-state index contributed by atoms with van der Waals surface area (Å²) in [6.07, 6.45) is 1.65. The molecule has 2 aromatic heterocycles. The lowest BCUT2D eigenvalue weighted by atomic mass is 10.0. The van der Waals surface area contributed by atoms with Crippen molar-refractivity contribution < 1.29 is 18.5 Å². The molecule has 0 bridgehead atoms. The first-order chi connectivity index (χ1) is 13.8. The zero-order valence-corrected chi connectivity index (χ0v) is 16.9. The van der Waals surface area contributed by atoms with E-state index in [1.807, 2.05) is 19.9 Å². The molecule has 0 unspecified atom stereocenters. The number of likely N-dealkylation sites (tertiary alicyclic amines) is 1. The zero-order chi connectivity index (χ0) is 20.7. The first kappa shape index (κ1) is 19.2. The van der Waals surface area contributed by atoms with Crippen molar-refractivity contribution in [3.63, 3.8) is 0 Å². The third kappa shape index (κ3) is 3.50. The number of hydrogen-bond donors (Lipinski definition) is 0. The molecule has 0 radical (unpaired) electrons. The van der Waals surface area contributed by atoms with E-state index in [-0.39, 0.29) is 24.2 Å². The molecular formula is C21H23N3O5. The van der Waals surface area contributed by atoms with Crippen molar-refractivity contribution >= 4 is 16.9 Å². The number of benzene rings is 1. The fourth-order valence-corrected chi connectivity index (χ4v) is 3.79. The van der Waals surface area contributed by atoms with Gasteiger partial charge in [0.05, 0.1) is 5.39 Å². The van der Waals surface area contributed by atoms with Gasteiger partial charge in [0.1, 0.15) is 17.4 Å². The summed E-state index contributed by atoms with van der Waals surface area (Å²) < 4.78 is 16.6. The lowest BCUT2D eigenvalue weighted by molar-refractivity contribution is -0.134. The number of amides is 1. The van der Waals surface area contributed by atoms with Crippen LogP contribution in [0.25, 0.3) is 11.0 Å². The Bertz CT molecular complexity index is 1150. The van der Waals surface area contributed by atoms with E-state index < -0.39 is 0 Å². The van der Waals surface area contributed by atoms with Gasteiger partial charge in [-0.25, -0.2) is 4.79 Å². The summed E-state index contributed by atoms with van der Waals surface area (Å²) in [6.45, 7) is 7.71. The van der Waals surface area contributed by atoms with E-state index in [0.717, 1.165) is 24.0 Å². The Kier molecular flexibility index (Phi) is 4.86. The minimum Gasteiger partial charge on any atom is -0.483 e. The van der Waals surface area contributed by atoms with Crippen LogP contribution in [0.3, 0.4) is 0 Å². The highest BCUT2D eigenvalue weighted by atomic mass is 16.5. The number of aryl methyl sites for hydroxylation is 3. The molecule has 4 rings (SSSR count). The summed E-state index contributed by atoms with van der Waals surface area (Å²) in [5, 5.41) is 4.54. The third-order valence-electron chi connectivity index (χ3n) is 5.41. The molecule has 0 saturated carbocycles. The van der Waals surface area contributed by atoms with Crippen LogP contribution in [0.15, 0.2) is 25.9 Å². The second-order valence-electron chi connectivity index (χ2n) is 7.49. The van der Waals surface area contributed by atoms with Gasteiger partial charge in [-0.05, 0) is 63.8 Å². The number of ether oxygens (including phenoxy) is 1. The van der Waals surface area contributed by atoms with Crippen LogP contribution in [0.5, 0.6) is 5.75 Å². The molecule has 1 fully saturated rings. The summed E-state index contributed by atoms with van der Waals surface area (Å²) in [7, 11) is 0. The van der Waals surface area contributed by atoms with Crippen molar-refractivity contribution in [2.75, 3.05) is 13.2 Å². The van der Waals surface area contributed by atoms with Crippen molar-refractivity contribution in [3.05, 3.63) is 51.0 Å². The molecule has 8 heteroatoms. The zero-order valence-electron chi connectivity index (χ0n) is 16.9. The van der Waals surface area contributed by atoms with E-state index >= 15 is 0 Å². The van der Waals surface area contributed by atoms with Gasteiger partial charge in [0, 0.05) is 12.1 Å². The summed E-state index contributed by atoms with van der Waals surface area (Å²) in [5.74, 6) is 1.39. The summed E-state index contributed by atoms with van der Waals surface area (Å²) in [6, 6.07) is 3.43. The van der Waals surface area contributed by atoms with E-state index in [2.05, 4.69) is 10.1 Å². The topological polar surface area (TPSA) is 98.7 Å². The average molecular weight is 397 g/mol. The molecule has 0 N–H and O–H groups in total. The fourth-order valence-electron chi connectivity index (χ4n) is 3.79. The predicted octanol–water partition coefficient (Wildman–Crippen LogP) is 3.15. The first-order valence-corrected chi connectivity index (χ1v) is 9.62. The van der Waals surface area contributed by atoms with Crippen molar-refractivity contribution in [1.82, 2.24) is 15.0 Å². The molecule has 152 valence electrons. The maximum Gasteiger partial charge on any atom is 0.339 e. The van der Waals surface area contributed by atoms with E-state index in [0.29, 0.717) is 40.5 Å². The van der Waals surface area contributed by atoms with Gasteiger partial charge >= 0.3 is 5.63 Å². The normalized spacial score (nSPS) is 16.6. The van der Waals surface area contributed by atoms with E-state index in [9.17, 15) is 9.59 Å². The van der Waals surface area contributed by atoms with Crippen LogP contribution < -0.4 is 10.4 Å². The Hall–Kier alpha value is -3.16. The molecule has 1 aliphatic heterocycles. The van der Waals surface area contributed by atoms with Gasteiger partial charge in [-0.3, -0.25) is 4.79 Å². The number of nitrogens with zero attached hydrogens (tertiary/aromatic N) is 3. The Balaban J connectivity index is 1.59. The highest BCUT2D eigenvalue weighted by Gasteiger charge is 2.34. The molecule has 0 aliphatic carbocycles. The van der Waals surface area contributed by atoms with E-state index in [1.54, 1.807) is 24.8 Å². The van der Waals surface area contributed by atoms with Crippen molar-refractivity contribution in [1.29, 1.82) is 0 Å². The highest BCUT2D eigenvalue weighted by molar-refractivity contribution is 5.88. The molecule has 1 aliphatic rings. The van der Waals surface area contributed by atoms with Gasteiger partial charge in [-0.15, -0.1) is 0 Å². The standard InChI is InChI=1S/C21H23N3O5/c1-11-8-16(19-12(2)13(3)21(26)28-17(19)9-11)27-10-18(25)24-7-5-6-15(24)20-22-14(4)23-29-20/h8-9,15H,5-7,10H2,1-4H3/t15-/m0/s1. The summed E-state index contributed by atoms with van der Waals surface area (Å²) in [4.78, 5) is 30.9. The smallest absolute Gasteiger partial charge is 0.339 e. The quantitative estimate of drug-likeness (QED) is 0.624. The van der Waals surface area contributed by atoms with Crippen molar-refractivity contribution in [2.45, 2.75) is 46.6 Å². The maximum atomic E-state index is 12.9. The van der Waals surface area contributed by atoms with Gasteiger partial charge in [-0.1, -0.05) is 5.16 Å². The number of carbonyl (C=O) groups excluding carboxylic acids is 1. The lowest BCUT2D eigenvalue weighted by Crippen LogP contribution is -2.34. The molecule has 1 atom stereocenters. The number of aromatic nitrogens is 2. The Labute approximate surface area is 167 Å². The highest BCUT2D eigenvalue weighted by Crippen LogP contribution is 2.33. The lowest BCUT2D eigenvalue weighted by Gasteiger charge is -2.22. The average Bonchev–Trinajstić information content (AvgIpc) is 3.32. The second-order valence-corrected chi connectivity index (χ2v) is 7.49. The second kappa shape index (κ2) is 7.35. The van der Waals surface area contributed by atoms with Gasteiger partial charge < -0.3 is 18.6 Å². The number of carbonyl (C=O) groups is 1. The van der Waals surface area contributed by atoms with Crippen molar-refractivity contribution in [2.24, 2.45) is 0 Å². The van der Waals surface area contributed by atoms with Gasteiger partial charge in [-0.2, -0.15) is 4.98 Å². The summed E-state index contributed by atoms with van der Waals surface area (Å²) in [5.41, 5.74) is 2.30. The summed E-state index contributed by atoms with van der Waals surface area (Å²) >= 11 is 0. The SMILES string of the molecule is Cc1cc(OCC(=O)N2CCC[C@H]2c2nc(C)no2)c2c(C)c(C)c(=O)oc2c1. The monoisotopic (exact) mass is 397 g/mol. The molecular weight excluding hydrogens is 374 g/mol. The van der Waals surface area contributed by atoms with Gasteiger partial charge in [0.2, 0.25) is 5.89 Å². The van der Waals surface area contributed by atoms with E-state index in [1.165, 1.54) is 0 Å². The van der Waals surface area contributed by atoms with Crippen LogP contribution in [-0.2, 0) is 4.79 Å². The maximum absolute atomic E-state index is 12.9. The Morgan fingerprint density at radius 2 is 2.03 bits per heavy atom. The predicted molar refractivity (Wildman–Crippen MR) is 105 cm³/mol. The van der Waals surface area contributed by atoms with Crippen LogP contribution in [0.1, 0.15) is 47.3 Å². The molecule has 1 amide bonds. The largest absolute Gasteiger partial charge is 0.483 e. The third-order valence-corrected chi connectivity index (χ3v) is 5.41. The fraction of sp³-hybridized carbons (Fsp3) is 0.429. The van der Waals surface area contributed by atoms with Crippen LogP contribution in [0.2, 0.25) is 0 Å². The van der Waals surface area contributed by atoms with Crippen LogP contribution in [0, 0.1) is 27.7 Å². The van der Waals surface area contributed by atoms with Crippen LogP contribution in [0.4, 0.5) is 0 Å². The van der Waals surface area contributed by atoms with Gasteiger partial charge in [0.15, 0.2) is 12.4 Å². The minimum absolute atomic E-state index is 0.125. The molecule has 3 aromatic rings. The molecule has 3 heterocycles. The number of hydrogen-bond acceptors (Lipinski definition) is 7. The molecule has 1 saturated heterocycles. The molecule has 0 spiro atoms. The number of fused-ring (bicyclic) bond motifs is 1. The Morgan fingerprint density at radius 1 is 1.24 bits per heavy atom.